The first-order chi connectivity index (χ1) is 20.6. The fourth-order valence-corrected chi connectivity index (χ4v) is 6.82. The molecule has 0 radical (unpaired) electrons. The van der Waals surface area contributed by atoms with Crippen molar-refractivity contribution in [1.29, 1.82) is 0 Å². The van der Waals surface area contributed by atoms with Gasteiger partial charge in [-0.3, -0.25) is 13.9 Å². The van der Waals surface area contributed by atoms with E-state index in [4.69, 9.17) is 9.47 Å². The van der Waals surface area contributed by atoms with E-state index in [2.05, 4.69) is 5.32 Å². The van der Waals surface area contributed by atoms with Gasteiger partial charge in [0.1, 0.15) is 24.1 Å². The number of amides is 2. The molecule has 1 N–H and O–H groups in total. The number of carbonyl (C=O) groups is 2. The van der Waals surface area contributed by atoms with Crippen molar-refractivity contribution in [3.8, 4) is 11.5 Å². The maximum absolute atomic E-state index is 14.3. The van der Waals surface area contributed by atoms with Gasteiger partial charge >= 0.3 is 0 Å². The molecule has 0 heterocycles. The van der Waals surface area contributed by atoms with Gasteiger partial charge in [-0.05, 0) is 56.5 Å². The van der Waals surface area contributed by atoms with Gasteiger partial charge in [0.05, 0.1) is 24.8 Å². The van der Waals surface area contributed by atoms with E-state index in [1.54, 1.807) is 37.3 Å². The number of nitrogens with one attached hydrogen (secondary N) is 1. The fraction of sp³-hybridized carbons (Fsp3) is 0.394. The highest BCUT2D eigenvalue weighted by molar-refractivity contribution is 7.92. The molecule has 0 aromatic heterocycles. The van der Waals surface area contributed by atoms with Gasteiger partial charge in [0.15, 0.2) is 0 Å². The Balaban J connectivity index is 1.73. The van der Waals surface area contributed by atoms with Crippen molar-refractivity contribution in [3.05, 3.63) is 83.9 Å². The standard InChI is InChI=1S/C33H41N3O6S/c1-24-12-11-13-26(20-24)22-35(25(2)33(38)34-27-14-7-5-8-15-27)32(37)23-36(43(39,40)29-16-9-6-10-17-29)30-21-28(41-3)18-19-31(30)42-4/h6,9-13,16-21,25,27H,5,7-8,14-15,22-23H2,1-4H3,(H,34,38)/t25-/m1/s1. The van der Waals surface area contributed by atoms with Crippen LogP contribution in [-0.4, -0.2) is 58.0 Å². The Bertz CT molecular complexity index is 1510. The molecule has 2 amide bonds. The molecule has 230 valence electrons. The zero-order valence-electron chi connectivity index (χ0n) is 25.3. The first kappa shape index (κ1) is 31.9. The second-order valence-corrected chi connectivity index (χ2v) is 12.8. The van der Waals surface area contributed by atoms with Crippen LogP contribution in [0.15, 0.2) is 77.7 Å². The molecule has 0 spiro atoms. The van der Waals surface area contributed by atoms with Crippen LogP contribution in [0.5, 0.6) is 11.5 Å². The Kier molecular flexibility index (Phi) is 10.7. The molecule has 3 aromatic carbocycles. The Morgan fingerprint density at radius 3 is 2.30 bits per heavy atom. The number of methoxy groups -OCH3 is 2. The van der Waals surface area contributed by atoms with Gasteiger partial charge in [-0.1, -0.05) is 67.3 Å². The summed E-state index contributed by atoms with van der Waals surface area (Å²) >= 11 is 0. The quantitative estimate of drug-likeness (QED) is 0.308. The highest BCUT2D eigenvalue weighted by atomic mass is 32.2. The van der Waals surface area contributed by atoms with Gasteiger partial charge in [-0.15, -0.1) is 0 Å². The number of ether oxygens (including phenoxy) is 2. The molecular formula is C33H41N3O6S. The predicted molar refractivity (Wildman–Crippen MR) is 167 cm³/mol. The molecule has 1 fully saturated rings. The van der Waals surface area contributed by atoms with Gasteiger partial charge in [0, 0.05) is 18.7 Å². The lowest BCUT2D eigenvalue weighted by atomic mass is 9.95. The van der Waals surface area contributed by atoms with E-state index in [1.165, 1.54) is 37.3 Å². The molecule has 43 heavy (non-hydrogen) atoms. The molecule has 1 atom stereocenters. The van der Waals surface area contributed by atoms with Crippen LogP contribution in [0.3, 0.4) is 0 Å². The van der Waals surface area contributed by atoms with Crippen LogP contribution >= 0.6 is 0 Å². The van der Waals surface area contributed by atoms with E-state index in [9.17, 15) is 18.0 Å². The first-order valence-electron chi connectivity index (χ1n) is 14.6. The third kappa shape index (κ3) is 7.87. The Morgan fingerprint density at radius 2 is 1.65 bits per heavy atom. The fourth-order valence-electron chi connectivity index (χ4n) is 5.38. The molecule has 10 heteroatoms. The molecule has 0 saturated heterocycles. The minimum Gasteiger partial charge on any atom is -0.497 e. The highest BCUT2D eigenvalue weighted by Crippen LogP contribution is 2.36. The molecule has 9 nitrogen and oxygen atoms in total. The summed E-state index contributed by atoms with van der Waals surface area (Å²) in [5, 5.41) is 3.12. The molecule has 1 saturated carbocycles. The minimum absolute atomic E-state index is 0.0148. The van der Waals surface area contributed by atoms with Crippen molar-refractivity contribution in [2.45, 2.75) is 69.5 Å². The molecule has 0 unspecified atom stereocenters. The van der Waals surface area contributed by atoms with Crippen molar-refractivity contribution >= 4 is 27.5 Å². The molecular weight excluding hydrogens is 566 g/mol. The van der Waals surface area contributed by atoms with Crippen LogP contribution in [0, 0.1) is 6.92 Å². The van der Waals surface area contributed by atoms with E-state index in [1.807, 2.05) is 31.2 Å². The molecule has 1 aliphatic carbocycles. The molecule has 3 aromatic rings. The summed E-state index contributed by atoms with van der Waals surface area (Å²) in [4.78, 5) is 29.2. The SMILES string of the molecule is COc1ccc(OC)c(N(CC(=O)N(Cc2cccc(C)c2)[C@H](C)C(=O)NC2CCCCC2)S(=O)(=O)c2ccccc2)c1. The zero-order valence-corrected chi connectivity index (χ0v) is 26.1. The maximum atomic E-state index is 14.3. The summed E-state index contributed by atoms with van der Waals surface area (Å²) in [6, 6.07) is 19.6. The number of hydrogen-bond donors (Lipinski definition) is 1. The summed E-state index contributed by atoms with van der Waals surface area (Å²) in [5.74, 6) is -0.142. The third-order valence-electron chi connectivity index (χ3n) is 7.82. The summed E-state index contributed by atoms with van der Waals surface area (Å²) < 4.78 is 40.2. The Morgan fingerprint density at radius 1 is 0.930 bits per heavy atom. The average Bonchev–Trinajstić information content (AvgIpc) is 3.02. The van der Waals surface area contributed by atoms with Crippen molar-refractivity contribution in [1.82, 2.24) is 10.2 Å². The number of aryl methyl sites for hydroxylation is 1. The van der Waals surface area contributed by atoms with Crippen molar-refractivity contribution in [2.75, 3.05) is 25.1 Å². The Labute approximate surface area is 254 Å². The molecule has 0 bridgehead atoms. The normalized spacial score (nSPS) is 14.4. The minimum atomic E-state index is -4.24. The van der Waals surface area contributed by atoms with Crippen LogP contribution in [0.1, 0.15) is 50.2 Å². The van der Waals surface area contributed by atoms with Crippen molar-refractivity contribution < 1.29 is 27.5 Å². The van der Waals surface area contributed by atoms with Gasteiger partial charge in [0.25, 0.3) is 10.0 Å². The second-order valence-electron chi connectivity index (χ2n) is 10.9. The lowest BCUT2D eigenvalue weighted by Crippen LogP contribution is -2.53. The monoisotopic (exact) mass is 607 g/mol. The van der Waals surface area contributed by atoms with E-state index in [0.717, 1.165) is 47.5 Å². The van der Waals surface area contributed by atoms with Gasteiger partial charge in [-0.2, -0.15) is 0 Å². The van der Waals surface area contributed by atoms with Gasteiger partial charge < -0.3 is 19.7 Å². The van der Waals surface area contributed by atoms with Crippen LogP contribution in [0.25, 0.3) is 0 Å². The van der Waals surface area contributed by atoms with Gasteiger partial charge in [0.2, 0.25) is 11.8 Å². The number of rotatable bonds is 12. The zero-order chi connectivity index (χ0) is 31.0. The largest absolute Gasteiger partial charge is 0.497 e. The summed E-state index contributed by atoms with van der Waals surface area (Å²) in [6.07, 6.45) is 5.07. The maximum Gasteiger partial charge on any atom is 0.264 e. The third-order valence-corrected chi connectivity index (χ3v) is 9.59. The number of anilines is 1. The Hall–Kier alpha value is -4.05. The van der Waals surface area contributed by atoms with Gasteiger partial charge in [-0.25, -0.2) is 8.42 Å². The lowest BCUT2D eigenvalue weighted by molar-refractivity contribution is -0.139. The first-order valence-corrected chi connectivity index (χ1v) is 16.0. The second kappa shape index (κ2) is 14.4. The summed E-state index contributed by atoms with van der Waals surface area (Å²) in [6.45, 7) is 3.22. The van der Waals surface area contributed by atoms with Crippen LogP contribution in [0.2, 0.25) is 0 Å². The number of benzene rings is 3. The average molecular weight is 608 g/mol. The van der Waals surface area contributed by atoms with E-state index in [0.29, 0.717) is 5.75 Å². The topological polar surface area (TPSA) is 105 Å². The van der Waals surface area contributed by atoms with E-state index in [-0.39, 0.29) is 34.8 Å². The number of sulfonamides is 1. The summed E-state index contributed by atoms with van der Waals surface area (Å²) in [5.41, 5.74) is 1.99. The molecule has 1 aliphatic rings. The smallest absolute Gasteiger partial charge is 0.264 e. The highest BCUT2D eigenvalue weighted by Gasteiger charge is 2.34. The van der Waals surface area contributed by atoms with Crippen LogP contribution < -0.4 is 19.1 Å². The van der Waals surface area contributed by atoms with E-state index >= 15 is 0 Å². The van der Waals surface area contributed by atoms with Crippen LogP contribution in [0.4, 0.5) is 5.69 Å². The lowest BCUT2D eigenvalue weighted by Gasteiger charge is -2.33. The molecule has 4 rings (SSSR count). The number of carbonyl (C=O) groups excluding carboxylic acids is 2. The van der Waals surface area contributed by atoms with Crippen LogP contribution in [-0.2, 0) is 26.2 Å². The predicted octanol–water partition coefficient (Wildman–Crippen LogP) is 5.07. The molecule has 0 aliphatic heterocycles. The number of nitrogens with zero attached hydrogens (tertiary/aromatic N) is 2. The van der Waals surface area contributed by atoms with E-state index < -0.39 is 28.5 Å². The summed E-state index contributed by atoms with van der Waals surface area (Å²) in [7, 11) is -1.33. The van der Waals surface area contributed by atoms with Crippen molar-refractivity contribution in [2.24, 2.45) is 0 Å². The number of hydrogen-bond acceptors (Lipinski definition) is 6. The van der Waals surface area contributed by atoms with Crippen molar-refractivity contribution in [3.63, 3.8) is 0 Å².